The lowest BCUT2D eigenvalue weighted by molar-refractivity contribution is -0.121. The van der Waals surface area contributed by atoms with Gasteiger partial charge in [-0.3, -0.25) is 15.0 Å². The van der Waals surface area contributed by atoms with E-state index in [1.54, 1.807) is 30.3 Å². The van der Waals surface area contributed by atoms with Crippen LogP contribution in [0.2, 0.25) is 0 Å². The molecule has 4 heterocycles. The van der Waals surface area contributed by atoms with Gasteiger partial charge in [-0.05, 0) is 24.6 Å². The lowest BCUT2D eigenvalue weighted by atomic mass is 10.1. The fraction of sp³-hybridized carbons (Fsp3) is 0.353. The number of amides is 3. The molecular weight excluding hydrogens is 320 g/mol. The van der Waals surface area contributed by atoms with Crippen LogP contribution >= 0.6 is 0 Å². The van der Waals surface area contributed by atoms with Crippen molar-refractivity contribution < 1.29 is 9.59 Å². The molecule has 0 radical (unpaired) electrons. The van der Waals surface area contributed by atoms with Crippen LogP contribution in [0.25, 0.3) is 0 Å². The molecule has 25 heavy (non-hydrogen) atoms. The SMILES string of the molecule is CNC(=O)C1C=CC2=C(N1)N(C(=O)Nc1ccccn1)[C@H]1CCN2C1. The van der Waals surface area contributed by atoms with Crippen LogP contribution in [0.3, 0.4) is 0 Å². The second-order valence-corrected chi connectivity index (χ2v) is 6.23. The Hall–Kier alpha value is -3.03. The highest BCUT2D eigenvalue weighted by Crippen LogP contribution is 2.33. The maximum Gasteiger partial charge on any atom is 0.328 e. The molecule has 4 rings (SSSR count). The Kier molecular flexibility index (Phi) is 3.79. The Bertz CT molecular complexity index is 760. The average molecular weight is 340 g/mol. The first-order chi connectivity index (χ1) is 12.2. The number of dihydropyridines is 1. The molecule has 1 aromatic heterocycles. The van der Waals surface area contributed by atoms with Crippen molar-refractivity contribution in [3.05, 3.63) is 48.1 Å². The second-order valence-electron chi connectivity index (χ2n) is 6.23. The summed E-state index contributed by atoms with van der Waals surface area (Å²) >= 11 is 0. The number of nitrogens with zero attached hydrogens (tertiary/aromatic N) is 3. The number of pyridine rings is 1. The van der Waals surface area contributed by atoms with E-state index in [0.29, 0.717) is 11.6 Å². The first-order valence-electron chi connectivity index (χ1n) is 8.34. The van der Waals surface area contributed by atoms with Crippen molar-refractivity contribution in [2.45, 2.75) is 18.5 Å². The fourth-order valence-electron chi connectivity index (χ4n) is 3.52. The molecule has 0 spiro atoms. The van der Waals surface area contributed by atoms with E-state index in [-0.39, 0.29) is 18.0 Å². The number of fused-ring (bicyclic) bond motifs is 3. The van der Waals surface area contributed by atoms with E-state index in [1.807, 2.05) is 18.2 Å². The van der Waals surface area contributed by atoms with Crippen LogP contribution in [0.1, 0.15) is 6.42 Å². The minimum absolute atomic E-state index is 0.0757. The van der Waals surface area contributed by atoms with Crippen molar-refractivity contribution >= 4 is 17.8 Å². The highest BCUT2D eigenvalue weighted by Gasteiger charge is 2.42. The zero-order chi connectivity index (χ0) is 17.4. The number of likely N-dealkylation sites (N-methyl/N-ethyl adjacent to an activating group) is 1. The van der Waals surface area contributed by atoms with Gasteiger partial charge in [-0.1, -0.05) is 12.1 Å². The molecule has 3 N–H and O–H groups in total. The number of rotatable bonds is 2. The number of aromatic nitrogens is 1. The molecule has 8 heteroatoms. The van der Waals surface area contributed by atoms with Gasteiger partial charge in [0.15, 0.2) is 0 Å². The largest absolute Gasteiger partial charge is 0.366 e. The predicted molar refractivity (Wildman–Crippen MR) is 92.2 cm³/mol. The molecule has 1 fully saturated rings. The van der Waals surface area contributed by atoms with E-state index >= 15 is 0 Å². The van der Waals surface area contributed by atoms with Crippen LogP contribution in [0.15, 0.2) is 48.1 Å². The van der Waals surface area contributed by atoms with Crippen molar-refractivity contribution in [3.63, 3.8) is 0 Å². The van der Waals surface area contributed by atoms with Gasteiger partial charge in [-0.25, -0.2) is 9.78 Å². The summed E-state index contributed by atoms with van der Waals surface area (Å²) in [4.78, 5) is 33.0. The summed E-state index contributed by atoms with van der Waals surface area (Å²) in [6.07, 6.45) is 6.28. The van der Waals surface area contributed by atoms with Crippen molar-refractivity contribution in [1.29, 1.82) is 0 Å². The smallest absolute Gasteiger partial charge is 0.328 e. The molecule has 0 aliphatic carbocycles. The van der Waals surface area contributed by atoms with Crippen LogP contribution in [-0.2, 0) is 4.79 Å². The number of hydrogen-bond acceptors (Lipinski definition) is 5. The van der Waals surface area contributed by atoms with Crippen molar-refractivity contribution in [1.82, 2.24) is 25.4 Å². The zero-order valence-electron chi connectivity index (χ0n) is 13.9. The molecule has 3 amide bonds. The molecule has 130 valence electrons. The van der Waals surface area contributed by atoms with Gasteiger partial charge in [0, 0.05) is 26.3 Å². The van der Waals surface area contributed by atoms with Crippen molar-refractivity contribution in [2.24, 2.45) is 0 Å². The van der Waals surface area contributed by atoms with Gasteiger partial charge < -0.3 is 15.5 Å². The first-order valence-corrected chi connectivity index (χ1v) is 8.34. The van der Waals surface area contributed by atoms with E-state index in [4.69, 9.17) is 0 Å². The van der Waals surface area contributed by atoms with Gasteiger partial charge in [-0.2, -0.15) is 0 Å². The van der Waals surface area contributed by atoms with Crippen LogP contribution in [0, 0.1) is 0 Å². The zero-order valence-corrected chi connectivity index (χ0v) is 13.9. The van der Waals surface area contributed by atoms with E-state index in [1.165, 1.54) is 0 Å². The van der Waals surface area contributed by atoms with Gasteiger partial charge >= 0.3 is 6.03 Å². The summed E-state index contributed by atoms with van der Waals surface area (Å²) in [5.41, 5.74) is 0.949. The predicted octanol–water partition coefficient (Wildman–Crippen LogP) is 0.446. The van der Waals surface area contributed by atoms with E-state index in [0.717, 1.165) is 25.2 Å². The standard InChI is InChI=1S/C17H20N6O2/c1-18-16(24)12-5-6-13-15(20-12)23(11-7-9-22(13)10-11)17(25)21-14-4-2-3-8-19-14/h2-6,8,11-12,20H,7,9-10H2,1H3,(H,18,24)(H,19,21,25)/t11-,12?/m0/s1. The monoisotopic (exact) mass is 340 g/mol. The summed E-state index contributed by atoms with van der Waals surface area (Å²) < 4.78 is 0. The topological polar surface area (TPSA) is 89.6 Å². The number of urea groups is 1. The Morgan fingerprint density at radius 3 is 3.00 bits per heavy atom. The van der Waals surface area contributed by atoms with Crippen molar-refractivity contribution in [2.75, 3.05) is 25.5 Å². The van der Waals surface area contributed by atoms with Crippen LogP contribution < -0.4 is 16.0 Å². The Balaban J connectivity index is 1.62. The number of hydrogen-bond donors (Lipinski definition) is 3. The van der Waals surface area contributed by atoms with Gasteiger partial charge in [-0.15, -0.1) is 0 Å². The quantitative estimate of drug-likeness (QED) is 0.727. The maximum atomic E-state index is 12.9. The molecule has 1 unspecified atom stereocenters. The number of carbonyl (C=O) groups is 2. The Morgan fingerprint density at radius 1 is 1.36 bits per heavy atom. The molecule has 1 aromatic rings. The van der Waals surface area contributed by atoms with E-state index in [2.05, 4.69) is 25.8 Å². The Labute approximate surface area is 145 Å². The van der Waals surface area contributed by atoms with Crippen LogP contribution in [0.4, 0.5) is 10.6 Å². The molecule has 3 aliphatic rings. The minimum Gasteiger partial charge on any atom is -0.366 e. The molecule has 3 aliphatic heterocycles. The maximum absolute atomic E-state index is 12.9. The fourth-order valence-corrected chi connectivity index (χ4v) is 3.52. The number of nitrogens with one attached hydrogen (secondary N) is 3. The number of carbonyl (C=O) groups excluding carboxylic acids is 2. The van der Waals surface area contributed by atoms with Crippen molar-refractivity contribution in [3.8, 4) is 0 Å². The lowest BCUT2D eigenvalue weighted by Crippen LogP contribution is -2.55. The van der Waals surface area contributed by atoms with Gasteiger partial charge in [0.25, 0.3) is 0 Å². The van der Waals surface area contributed by atoms with Gasteiger partial charge in [0.2, 0.25) is 5.91 Å². The highest BCUT2D eigenvalue weighted by atomic mass is 16.2. The molecule has 2 bridgehead atoms. The second kappa shape index (κ2) is 6.12. The van der Waals surface area contributed by atoms with E-state index in [9.17, 15) is 9.59 Å². The summed E-state index contributed by atoms with van der Waals surface area (Å²) in [5, 5.41) is 8.69. The summed E-state index contributed by atoms with van der Waals surface area (Å²) in [6, 6.07) is 4.72. The molecule has 8 nitrogen and oxygen atoms in total. The summed E-state index contributed by atoms with van der Waals surface area (Å²) in [7, 11) is 1.60. The third-order valence-corrected chi connectivity index (χ3v) is 4.74. The number of anilines is 1. The summed E-state index contributed by atoms with van der Waals surface area (Å²) in [6.45, 7) is 1.69. The molecular formula is C17H20N6O2. The average Bonchev–Trinajstić information content (AvgIpc) is 3.06. The van der Waals surface area contributed by atoms with Gasteiger partial charge in [0.1, 0.15) is 17.7 Å². The minimum atomic E-state index is -0.493. The lowest BCUT2D eigenvalue weighted by Gasteiger charge is -2.40. The molecule has 2 atom stereocenters. The first kappa shape index (κ1) is 15.5. The Morgan fingerprint density at radius 2 is 2.24 bits per heavy atom. The molecule has 0 saturated carbocycles. The van der Waals surface area contributed by atoms with Gasteiger partial charge in [0.05, 0.1) is 11.7 Å². The number of allylic oxidation sites excluding steroid dienone is 1. The van der Waals surface area contributed by atoms with Crippen LogP contribution in [0.5, 0.6) is 0 Å². The third kappa shape index (κ3) is 2.69. The normalized spacial score (nSPS) is 23.9. The third-order valence-electron chi connectivity index (χ3n) is 4.74. The van der Waals surface area contributed by atoms with Crippen LogP contribution in [-0.4, -0.2) is 58.9 Å². The summed E-state index contributed by atoms with van der Waals surface area (Å²) in [5.74, 6) is 1.04. The molecule has 1 saturated heterocycles. The highest BCUT2D eigenvalue weighted by molar-refractivity contribution is 5.91. The van der Waals surface area contributed by atoms with E-state index < -0.39 is 6.04 Å². The molecule has 0 aromatic carbocycles.